The Morgan fingerprint density at radius 3 is 2.64 bits per heavy atom. The number of nitrogens with two attached hydrogens (primary N) is 1. The van der Waals surface area contributed by atoms with Crippen molar-refractivity contribution in [2.24, 2.45) is 11.1 Å². The quantitative estimate of drug-likeness (QED) is 0.719. The molecule has 1 atom stereocenters. The Labute approximate surface area is 170 Å². The highest BCUT2D eigenvalue weighted by Gasteiger charge is 2.26. The first-order valence-corrected chi connectivity index (χ1v) is 12.1. The number of imidazole rings is 1. The van der Waals surface area contributed by atoms with Gasteiger partial charge in [0, 0.05) is 19.6 Å². The summed E-state index contributed by atoms with van der Waals surface area (Å²) in [5.74, 6) is 0.811. The Balaban J connectivity index is 1.86. The van der Waals surface area contributed by atoms with Crippen LogP contribution in [0.4, 0.5) is 0 Å². The number of carbonyl (C=O) groups excluding carboxylic acids is 1. The van der Waals surface area contributed by atoms with Gasteiger partial charge in [0.2, 0.25) is 15.9 Å². The highest BCUT2D eigenvalue weighted by Crippen LogP contribution is 2.30. The van der Waals surface area contributed by atoms with Crippen LogP contribution < -0.4 is 5.14 Å². The average Bonchev–Trinajstić information content (AvgIpc) is 2.98. The number of primary sulfonamides is 1. The Hall–Kier alpha value is -1.58. The van der Waals surface area contributed by atoms with E-state index in [0.29, 0.717) is 11.4 Å². The molecule has 0 spiro atoms. The van der Waals surface area contributed by atoms with Crippen molar-refractivity contribution < 1.29 is 13.2 Å². The number of hydrogen-bond donors (Lipinski definition) is 1. The predicted octanol–water partition coefficient (Wildman–Crippen LogP) is 2.83. The Bertz CT molecular complexity index is 963. The lowest BCUT2D eigenvalue weighted by atomic mass is 9.99. The van der Waals surface area contributed by atoms with Crippen molar-refractivity contribution in [2.75, 3.05) is 13.1 Å². The number of amides is 1. The van der Waals surface area contributed by atoms with Gasteiger partial charge in [-0.1, -0.05) is 25.6 Å². The molecule has 1 aliphatic heterocycles. The molecule has 1 unspecified atom stereocenters. The maximum absolute atomic E-state index is 12.9. The molecule has 28 heavy (non-hydrogen) atoms. The smallest absolute Gasteiger partial charge is 0.238 e. The lowest BCUT2D eigenvalue weighted by Crippen LogP contribution is -2.41. The van der Waals surface area contributed by atoms with Gasteiger partial charge < -0.3 is 9.47 Å². The van der Waals surface area contributed by atoms with Crippen molar-refractivity contribution in [3.05, 3.63) is 18.2 Å². The summed E-state index contributed by atoms with van der Waals surface area (Å²) in [7, 11) is -3.78. The first-order chi connectivity index (χ1) is 13.2. The third-order valence-electron chi connectivity index (χ3n) is 5.19. The van der Waals surface area contributed by atoms with Crippen molar-refractivity contribution in [3.63, 3.8) is 0 Å². The zero-order chi connectivity index (χ0) is 20.5. The molecular formula is C19H28N4O3S2. The lowest BCUT2D eigenvalue weighted by molar-refractivity contribution is -0.131. The summed E-state index contributed by atoms with van der Waals surface area (Å²) >= 11 is 1.43. The largest absolute Gasteiger partial charge is 0.342 e. The number of nitrogens with zero attached hydrogens (tertiary/aromatic N) is 3. The molecule has 1 aromatic heterocycles. The van der Waals surface area contributed by atoms with Gasteiger partial charge in [0.25, 0.3) is 0 Å². The van der Waals surface area contributed by atoms with Crippen LogP contribution in [0.3, 0.4) is 0 Å². The minimum atomic E-state index is -3.78. The molecule has 7 nitrogen and oxygen atoms in total. The van der Waals surface area contributed by atoms with Gasteiger partial charge in [0.15, 0.2) is 5.16 Å². The predicted molar refractivity (Wildman–Crippen MR) is 112 cm³/mol. The number of rotatable bonds is 6. The monoisotopic (exact) mass is 424 g/mol. The van der Waals surface area contributed by atoms with E-state index in [1.54, 1.807) is 6.07 Å². The van der Waals surface area contributed by atoms with E-state index in [9.17, 15) is 13.2 Å². The van der Waals surface area contributed by atoms with Crippen molar-refractivity contribution in [1.82, 2.24) is 14.5 Å². The van der Waals surface area contributed by atoms with Crippen LogP contribution in [0.1, 0.15) is 40.0 Å². The zero-order valence-corrected chi connectivity index (χ0v) is 18.2. The summed E-state index contributed by atoms with van der Waals surface area (Å²) in [5, 5.41) is 5.73. The summed E-state index contributed by atoms with van der Waals surface area (Å²) in [6.07, 6.45) is 3.00. The Kier molecular flexibility index (Phi) is 6.36. The van der Waals surface area contributed by atoms with Crippen LogP contribution in [0.15, 0.2) is 28.3 Å². The number of carbonyl (C=O) groups is 1. The molecule has 2 heterocycles. The second-order valence-corrected chi connectivity index (χ2v) is 10.4. The van der Waals surface area contributed by atoms with Gasteiger partial charge in [-0.25, -0.2) is 18.5 Å². The fourth-order valence-corrected chi connectivity index (χ4v) is 5.06. The molecule has 1 aliphatic rings. The van der Waals surface area contributed by atoms with E-state index in [2.05, 4.69) is 23.4 Å². The van der Waals surface area contributed by atoms with Gasteiger partial charge in [-0.15, -0.1) is 0 Å². The van der Waals surface area contributed by atoms with Crippen LogP contribution in [-0.4, -0.2) is 47.1 Å². The standard InChI is InChI=1S/C19H28N4O3S2/c1-4-9-23-17-6-5-15(28(20,25)26)12-16(17)21-19(23)27-14(3)18(24)22-10-7-13(2)8-11-22/h5-6,12-14H,4,7-11H2,1-3H3,(H2,20,25,26). The van der Waals surface area contributed by atoms with Crippen molar-refractivity contribution in [1.29, 1.82) is 0 Å². The third kappa shape index (κ3) is 4.52. The van der Waals surface area contributed by atoms with Crippen LogP contribution >= 0.6 is 11.8 Å². The SMILES string of the molecule is CCCn1c(SC(C)C(=O)N2CCC(C)CC2)nc2cc(S(N)(=O)=O)ccc21. The van der Waals surface area contributed by atoms with E-state index >= 15 is 0 Å². The average molecular weight is 425 g/mol. The molecule has 1 amide bonds. The van der Waals surface area contributed by atoms with Crippen LogP contribution in [0, 0.1) is 5.92 Å². The highest BCUT2D eigenvalue weighted by molar-refractivity contribution is 8.00. The number of hydrogen-bond acceptors (Lipinski definition) is 5. The third-order valence-corrected chi connectivity index (χ3v) is 7.17. The topological polar surface area (TPSA) is 98.3 Å². The van der Waals surface area contributed by atoms with E-state index in [1.807, 2.05) is 11.8 Å². The van der Waals surface area contributed by atoms with E-state index in [1.165, 1.54) is 23.9 Å². The first kappa shape index (κ1) is 21.1. The fourth-order valence-electron chi connectivity index (χ4n) is 3.49. The van der Waals surface area contributed by atoms with Gasteiger partial charge >= 0.3 is 0 Å². The molecule has 0 bridgehead atoms. The molecular weight excluding hydrogens is 396 g/mol. The maximum Gasteiger partial charge on any atom is 0.238 e. The zero-order valence-electron chi connectivity index (χ0n) is 16.6. The van der Waals surface area contributed by atoms with Crippen LogP contribution in [-0.2, 0) is 21.4 Å². The second kappa shape index (κ2) is 8.42. The van der Waals surface area contributed by atoms with E-state index in [0.717, 1.165) is 49.6 Å². The van der Waals surface area contributed by atoms with Crippen LogP contribution in [0.2, 0.25) is 0 Å². The van der Waals surface area contributed by atoms with E-state index < -0.39 is 10.0 Å². The van der Waals surface area contributed by atoms with Gasteiger partial charge in [-0.05, 0) is 50.3 Å². The Morgan fingerprint density at radius 1 is 1.36 bits per heavy atom. The van der Waals surface area contributed by atoms with Crippen molar-refractivity contribution in [2.45, 2.75) is 61.9 Å². The van der Waals surface area contributed by atoms with Crippen LogP contribution in [0.5, 0.6) is 0 Å². The highest BCUT2D eigenvalue weighted by atomic mass is 32.2. The van der Waals surface area contributed by atoms with E-state index in [4.69, 9.17) is 5.14 Å². The molecule has 0 saturated carbocycles. The summed E-state index contributed by atoms with van der Waals surface area (Å²) in [6.45, 7) is 8.58. The molecule has 1 aromatic carbocycles. The normalized spacial score (nSPS) is 17.2. The molecule has 2 aromatic rings. The Morgan fingerprint density at radius 2 is 2.04 bits per heavy atom. The molecule has 154 valence electrons. The van der Waals surface area contributed by atoms with Crippen LogP contribution in [0.25, 0.3) is 11.0 Å². The molecule has 1 fully saturated rings. The van der Waals surface area contributed by atoms with Crippen molar-refractivity contribution >= 4 is 38.7 Å². The minimum absolute atomic E-state index is 0.0456. The molecule has 0 radical (unpaired) electrons. The summed E-state index contributed by atoms with van der Waals surface area (Å²) in [4.78, 5) is 19.5. The van der Waals surface area contributed by atoms with Gasteiger partial charge in [0.05, 0.1) is 21.2 Å². The molecule has 1 saturated heterocycles. The van der Waals surface area contributed by atoms with Crippen molar-refractivity contribution in [3.8, 4) is 0 Å². The fraction of sp³-hybridized carbons (Fsp3) is 0.579. The number of aryl methyl sites for hydroxylation is 1. The number of thioether (sulfide) groups is 1. The summed E-state index contributed by atoms with van der Waals surface area (Å²) in [6, 6.07) is 4.74. The second-order valence-electron chi connectivity index (χ2n) is 7.51. The summed E-state index contributed by atoms with van der Waals surface area (Å²) in [5.41, 5.74) is 1.43. The molecule has 0 aliphatic carbocycles. The minimum Gasteiger partial charge on any atom is -0.342 e. The summed E-state index contributed by atoms with van der Waals surface area (Å²) < 4.78 is 25.3. The number of benzene rings is 1. The molecule has 3 rings (SSSR count). The van der Waals surface area contributed by atoms with Gasteiger partial charge in [-0.3, -0.25) is 4.79 Å². The molecule has 2 N–H and O–H groups in total. The number of piperidine rings is 1. The number of likely N-dealkylation sites (tertiary alicyclic amines) is 1. The first-order valence-electron chi connectivity index (χ1n) is 9.69. The van der Waals surface area contributed by atoms with E-state index in [-0.39, 0.29) is 16.1 Å². The number of fused-ring (bicyclic) bond motifs is 1. The van der Waals surface area contributed by atoms with Gasteiger partial charge in [0.1, 0.15) is 0 Å². The van der Waals surface area contributed by atoms with Gasteiger partial charge in [-0.2, -0.15) is 0 Å². The number of aromatic nitrogens is 2. The molecule has 9 heteroatoms. The maximum atomic E-state index is 12.9. The lowest BCUT2D eigenvalue weighted by Gasteiger charge is -2.32. The number of sulfonamides is 1.